The minimum absolute atomic E-state index is 0.242. The molecule has 0 radical (unpaired) electrons. The van der Waals surface area contributed by atoms with E-state index in [0.717, 1.165) is 0 Å². The molecule has 1 aromatic carbocycles. The number of esters is 1. The van der Waals surface area contributed by atoms with Crippen molar-refractivity contribution in [1.82, 2.24) is 0 Å². The summed E-state index contributed by atoms with van der Waals surface area (Å²) in [4.78, 5) is 25.0. The van der Waals surface area contributed by atoms with Crippen LogP contribution in [0.1, 0.15) is 16.8 Å². The standard InChI is InChI=1S/C13H16ClN3O3/c1-20-13(19)9-4-8(15)5-10(14)11(9)17-3-2-7(6-17)12(16)18/h4-5,7H,2-3,6,15H2,1H3,(H2,16,18). The van der Waals surface area contributed by atoms with Gasteiger partial charge in [-0.3, -0.25) is 4.79 Å². The first-order valence-corrected chi connectivity index (χ1v) is 6.53. The van der Waals surface area contributed by atoms with Crippen molar-refractivity contribution in [1.29, 1.82) is 0 Å². The van der Waals surface area contributed by atoms with Crippen LogP contribution in [-0.2, 0) is 9.53 Å². The number of nitrogens with two attached hydrogens (primary N) is 2. The van der Waals surface area contributed by atoms with Gasteiger partial charge in [0.25, 0.3) is 0 Å². The van der Waals surface area contributed by atoms with E-state index >= 15 is 0 Å². The van der Waals surface area contributed by atoms with Gasteiger partial charge < -0.3 is 21.1 Å². The van der Waals surface area contributed by atoms with E-state index in [-0.39, 0.29) is 11.8 Å². The Balaban J connectivity index is 2.41. The lowest BCUT2D eigenvalue weighted by Gasteiger charge is -2.22. The molecule has 4 N–H and O–H groups in total. The summed E-state index contributed by atoms with van der Waals surface area (Å²) in [5, 5.41) is 0.357. The molecule has 20 heavy (non-hydrogen) atoms. The Kier molecular flexibility index (Phi) is 4.04. The van der Waals surface area contributed by atoms with Crippen LogP contribution >= 0.6 is 11.6 Å². The normalized spacial score (nSPS) is 18.1. The Labute approximate surface area is 121 Å². The molecule has 2 rings (SSSR count). The highest BCUT2D eigenvalue weighted by Crippen LogP contribution is 2.36. The van der Waals surface area contributed by atoms with Gasteiger partial charge >= 0.3 is 5.97 Å². The molecule has 1 aliphatic rings. The van der Waals surface area contributed by atoms with Crippen molar-refractivity contribution in [2.45, 2.75) is 6.42 Å². The molecular weight excluding hydrogens is 282 g/mol. The Morgan fingerprint density at radius 1 is 1.45 bits per heavy atom. The third-order valence-corrected chi connectivity index (χ3v) is 3.69. The molecular formula is C13H16ClN3O3. The van der Waals surface area contributed by atoms with Crippen molar-refractivity contribution in [2.24, 2.45) is 11.7 Å². The second-order valence-electron chi connectivity index (χ2n) is 4.72. The van der Waals surface area contributed by atoms with E-state index in [4.69, 9.17) is 27.8 Å². The Bertz CT molecular complexity index is 562. The predicted octanol–water partition coefficient (Wildman–Crippen LogP) is 1.02. The van der Waals surface area contributed by atoms with Gasteiger partial charge in [0.15, 0.2) is 0 Å². The quantitative estimate of drug-likeness (QED) is 0.641. The summed E-state index contributed by atoms with van der Waals surface area (Å²) in [6.07, 6.45) is 0.636. The fraction of sp³-hybridized carbons (Fsp3) is 0.385. The molecule has 1 fully saturated rings. The van der Waals surface area contributed by atoms with Crippen LogP contribution in [0.5, 0.6) is 0 Å². The maximum absolute atomic E-state index is 11.9. The lowest BCUT2D eigenvalue weighted by Crippen LogP contribution is -2.28. The van der Waals surface area contributed by atoms with Gasteiger partial charge in [0.2, 0.25) is 5.91 Å². The minimum Gasteiger partial charge on any atom is -0.465 e. The minimum atomic E-state index is -0.517. The number of halogens is 1. The lowest BCUT2D eigenvalue weighted by molar-refractivity contribution is -0.121. The first kappa shape index (κ1) is 14.5. The fourth-order valence-electron chi connectivity index (χ4n) is 2.40. The molecule has 1 atom stereocenters. The van der Waals surface area contributed by atoms with Crippen LogP contribution in [0.15, 0.2) is 12.1 Å². The number of rotatable bonds is 3. The molecule has 6 nitrogen and oxygen atoms in total. The van der Waals surface area contributed by atoms with Gasteiger partial charge in [-0.05, 0) is 18.6 Å². The maximum atomic E-state index is 11.9. The van der Waals surface area contributed by atoms with E-state index < -0.39 is 5.97 Å². The summed E-state index contributed by atoms with van der Waals surface area (Å²) in [5.74, 6) is -1.11. The van der Waals surface area contributed by atoms with Crippen molar-refractivity contribution >= 4 is 34.9 Å². The highest BCUT2D eigenvalue weighted by molar-refractivity contribution is 6.34. The van der Waals surface area contributed by atoms with Gasteiger partial charge in [-0.1, -0.05) is 11.6 Å². The molecule has 1 unspecified atom stereocenters. The number of anilines is 2. The van der Waals surface area contributed by atoms with E-state index in [2.05, 4.69) is 0 Å². The lowest BCUT2D eigenvalue weighted by atomic mass is 10.1. The molecule has 108 valence electrons. The van der Waals surface area contributed by atoms with E-state index in [9.17, 15) is 9.59 Å². The summed E-state index contributed by atoms with van der Waals surface area (Å²) in [6.45, 7) is 1.03. The summed E-state index contributed by atoms with van der Waals surface area (Å²) in [5.41, 5.74) is 12.2. The van der Waals surface area contributed by atoms with Gasteiger partial charge in [-0.25, -0.2) is 4.79 Å². The number of ether oxygens (including phenoxy) is 1. The van der Waals surface area contributed by atoms with Crippen molar-refractivity contribution < 1.29 is 14.3 Å². The van der Waals surface area contributed by atoms with Gasteiger partial charge in [0, 0.05) is 18.8 Å². The van der Waals surface area contributed by atoms with E-state index in [0.29, 0.717) is 41.5 Å². The summed E-state index contributed by atoms with van der Waals surface area (Å²) in [6, 6.07) is 3.09. The largest absolute Gasteiger partial charge is 0.465 e. The number of benzene rings is 1. The molecule has 0 saturated carbocycles. The third-order valence-electron chi connectivity index (χ3n) is 3.40. The molecule has 1 saturated heterocycles. The molecule has 1 heterocycles. The molecule has 1 amide bonds. The molecule has 1 aliphatic heterocycles. The van der Waals surface area contributed by atoms with Crippen molar-refractivity contribution in [3.63, 3.8) is 0 Å². The van der Waals surface area contributed by atoms with Crippen molar-refractivity contribution in [3.8, 4) is 0 Å². The molecule has 0 spiro atoms. The number of primary amides is 1. The third kappa shape index (κ3) is 2.65. The van der Waals surface area contributed by atoms with Gasteiger partial charge in [-0.2, -0.15) is 0 Å². The number of carbonyl (C=O) groups excluding carboxylic acids is 2. The predicted molar refractivity (Wildman–Crippen MR) is 76.7 cm³/mol. The zero-order valence-electron chi connectivity index (χ0n) is 11.1. The van der Waals surface area contributed by atoms with Crippen LogP contribution in [-0.4, -0.2) is 32.1 Å². The number of amides is 1. The molecule has 7 heteroatoms. The average Bonchev–Trinajstić information content (AvgIpc) is 2.86. The monoisotopic (exact) mass is 297 g/mol. The van der Waals surface area contributed by atoms with Crippen molar-refractivity contribution in [2.75, 3.05) is 30.8 Å². The zero-order valence-corrected chi connectivity index (χ0v) is 11.8. The van der Waals surface area contributed by atoms with Gasteiger partial charge in [-0.15, -0.1) is 0 Å². The Hall–Kier alpha value is -1.95. The highest BCUT2D eigenvalue weighted by Gasteiger charge is 2.30. The van der Waals surface area contributed by atoms with Crippen molar-refractivity contribution in [3.05, 3.63) is 22.7 Å². The van der Waals surface area contributed by atoms with Crippen LogP contribution in [0, 0.1) is 5.92 Å². The highest BCUT2D eigenvalue weighted by atomic mass is 35.5. The number of hydrogen-bond acceptors (Lipinski definition) is 5. The Morgan fingerprint density at radius 2 is 2.15 bits per heavy atom. The number of nitrogens with zero attached hydrogens (tertiary/aromatic N) is 1. The SMILES string of the molecule is COC(=O)c1cc(N)cc(Cl)c1N1CCC(C(N)=O)C1. The first-order valence-electron chi connectivity index (χ1n) is 6.15. The van der Waals surface area contributed by atoms with Crippen LogP contribution < -0.4 is 16.4 Å². The second kappa shape index (κ2) is 5.58. The van der Waals surface area contributed by atoms with Gasteiger partial charge in [0.05, 0.1) is 29.3 Å². The molecule has 0 aliphatic carbocycles. The first-order chi connectivity index (χ1) is 9.43. The molecule has 0 bridgehead atoms. The average molecular weight is 298 g/mol. The molecule has 1 aromatic rings. The number of carbonyl (C=O) groups is 2. The van der Waals surface area contributed by atoms with Crippen LogP contribution in [0.4, 0.5) is 11.4 Å². The smallest absolute Gasteiger partial charge is 0.340 e. The summed E-state index contributed by atoms with van der Waals surface area (Å²) < 4.78 is 4.75. The zero-order chi connectivity index (χ0) is 14.9. The van der Waals surface area contributed by atoms with E-state index in [1.807, 2.05) is 4.90 Å². The summed E-state index contributed by atoms with van der Waals surface area (Å²) >= 11 is 6.20. The number of methoxy groups -OCH3 is 1. The number of hydrogen-bond donors (Lipinski definition) is 2. The fourth-order valence-corrected chi connectivity index (χ4v) is 2.75. The van der Waals surface area contributed by atoms with Crippen LogP contribution in [0.2, 0.25) is 5.02 Å². The van der Waals surface area contributed by atoms with Crippen LogP contribution in [0.3, 0.4) is 0 Å². The summed E-state index contributed by atoms with van der Waals surface area (Å²) in [7, 11) is 1.29. The van der Waals surface area contributed by atoms with Gasteiger partial charge in [0.1, 0.15) is 0 Å². The topological polar surface area (TPSA) is 98.7 Å². The van der Waals surface area contributed by atoms with E-state index in [1.54, 1.807) is 6.07 Å². The Morgan fingerprint density at radius 3 is 2.70 bits per heavy atom. The number of nitrogen functional groups attached to an aromatic ring is 1. The second-order valence-corrected chi connectivity index (χ2v) is 5.13. The van der Waals surface area contributed by atoms with Crippen LogP contribution in [0.25, 0.3) is 0 Å². The van der Waals surface area contributed by atoms with E-state index in [1.165, 1.54) is 13.2 Å². The molecule has 0 aromatic heterocycles. The maximum Gasteiger partial charge on any atom is 0.340 e.